The first kappa shape index (κ1) is 9.64. The SMILES string of the molecule is OCC(O)C(F)C(F)(F)F. The van der Waals surface area contributed by atoms with E-state index in [0.717, 1.165) is 0 Å². The third-order valence-corrected chi connectivity index (χ3v) is 0.838. The third-order valence-electron chi connectivity index (χ3n) is 0.838. The Hall–Kier alpha value is -0.360. The molecule has 10 heavy (non-hydrogen) atoms. The molecule has 0 aromatic heterocycles. The summed E-state index contributed by atoms with van der Waals surface area (Å²) in [6.07, 6.45) is -10.8. The first-order chi connectivity index (χ1) is 4.39. The van der Waals surface area contributed by atoms with Crippen LogP contribution in [0.25, 0.3) is 0 Å². The number of aliphatic hydroxyl groups is 2. The fourth-order valence-corrected chi connectivity index (χ4v) is 0.311. The van der Waals surface area contributed by atoms with Gasteiger partial charge in [0.2, 0.25) is 6.17 Å². The summed E-state index contributed by atoms with van der Waals surface area (Å²) in [7, 11) is 0. The van der Waals surface area contributed by atoms with Gasteiger partial charge in [-0.05, 0) is 0 Å². The Balaban J connectivity index is 3.94. The molecule has 0 bridgehead atoms. The lowest BCUT2D eigenvalue weighted by atomic mass is 10.2. The number of alkyl halides is 4. The molecule has 0 saturated carbocycles. The number of halogens is 4. The van der Waals surface area contributed by atoms with Gasteiger partial charge in [-0.1, -0.05) is 0 Å². The Labute approximate surface area is 54.1 Å². The highest BCUT2D eigenvalue weighted by atomic mass is 19.4. The molecule has 2 N–H and O–H groups in total. The van der Waals surface area contributed by atoms with E-state index in [0.29, 0.717) is 0 Å². The zero-order chi connectivity index (χ0) is 8.36. The van der Waals surface area contributed by atoms with Gasteiger partial charge in [0, 0.05) is 0 Å². The molecule has 0 saturated heterocycles. The van der Waals surface area contributed by atoms with E-state index in [4.69, 9.17) is 10.2 Å². The lowest BCUT2D eigenvalue weighted by molar-refractivity contribution is -0.209. The van der Waals surface area contributed by atoms with E-state index in [-0.39, 0.29) is 0 Å². The maximum Gasteiger partial charge on any atom is 0.422 e. The molecular formula is C4H6F4O2. The molecule has 0 spiro atoms. The fraction of sp³-hybridized carbons (Fsp3) is 1.00. The molecular weight excluding hydrogens is 156 g/mol. The summed E-state index contributed by atoms with van der Waals surface area (Å²) in [4.78, 5) is 0. The van der Waals surface area contributed by atoms with Crippen LogP contribution in [0.15, 0.2) is 0 Å². The minimum Gasteiger partial charge on any atom is -0.394 e. The van der Waals surface area contributed by atoms with Crippen LogP contribution in [-0.4, -0.2) is 35.3 Å². The van der Waals surface area contributed by atoms with Crippen LogP contribution in [0.1, 0.15) is 0 Å². The van der Waals surface area contributed by atoms with Crippen LogP contribution < -0.4 is 0 Å². The van der Waals surface area contributed by atoms with Crippen molar-refractivity contribution in [2.75, 3.05) is 6.61 Å². The molecule has 0 fully saturated rings. The Bertz CT molecular complexity index is 102. The molecule has 0 aliphatic rings. The third kappa shape index (κ3) is 2.49. The van der Waals surface area contributed by atoms with Crippen molar-refractivity contribution in [3.05, 3.63) is 0 Å². The van der Waals surface area contributed by atoms with E-state index >= 15 is 0 Å². The van der Waals surface area contributed by atoms with Gasteiger partial charge in [0.15, 0.2) is 0 Å². The lowest BCUT2D eigenvalue weighted by Crippen LogP contribution is -2.38. The summed E-state index contributed by atoms with van der Waals surface area (Å²) in [6.45, 7) is -1.24. The maximum absolute atomic E-state index is 11.8. The van der Waals surface area contributed by atoms with E-state index in [1.165, 1.54) is 0 Å². The van der Waals surface area contributed by atoms with Crippen molar-refractivity contribution in [3.63, 3.8) is 0 Å². The highest BCUT2D eigenvalue weighted by Gasteiger charge is 2.44. The molecule has 2 atom stereocenters. The quantitative estimate of drug-likeness (QED) is 0.571. The lowest BCUT2D eigenvalue weighted by Gasteiger charge is -2.15. The zero-order valence-electron chi connectivity index (χ0n) is 4.77. The number of hydrogen-bond donors (Lipinski definition) is 2. The average molecular weight is 162 g/mol. The Morgan fingerprint density at radius 3 is 1.80 bits per heavy atom. The van der Waals surface area contributed by atoms with E-state index in [9.17, 15) is 17.6 Å². The van der Waals surface area contributed by atoms with Gasteiger partial charge in [0.05, 0.1) is 6.61 Å². The molecule has 2 nitrogen and oxygen atoms in total. The van der Waals surface area contributed by atoms with Crippen molar-refractivity contribution in [2.24, 2.45) is 0 Å². The molecule has 0 heterocycles. The predicted octanol–water partition coefficient (Wildman–Crippen LogP) is 0.240. The molecule has 0 aliphatic carbocycles. The molecule has 2 unspecified atom stereocenters. The standard InChI is InChI=1S/C4H6F4O2/c5-3(2(10)1-9)4(6,7)8/h2-3,9-10H,1H2. The van der Waals surface area contributed by atoms with Gasteiger partial charge in [0.1, 0.15) is 6.10 Å². The van der Waals surface area contributed by atoms with Crippen LogP contribution in [0.4, 0.5) is 17.6 Å². The van der Waals surface area contributed by atoms with E-state index in [1.807, 2.05) is 0 Å². The highest BCUT2D eigenvalue weighted by Crippen LogP contribution is 2.24. The van der Waals surface area contributed by atoms with Gasteiger partial charge in [-0.25, -0.2) is 4.39 Å². The molecule has 0 radical (unpaired) electrons. The highest BCUT2D eigenvalue weighted by molar-refractivity contribution is 4.73. The zero-order valence-corrected chi connectivity index (χ0v) is 4.77. The van der Waals surface area contributed by atoms with Crippen molar-refractivity contribution < 1.29 is 27.8 Å². The van der Waals surface area contributed by atoms with Crippen molar-refractivity contribution in [3.8, 4) is 0 Å². The molecule has 0 aromatic rings. The van der Waals surface area contributed by atoms with Crippen molar-refractivity contribution >= 4 is 0 Å². The Kier molecular flexibility index (Phi) is 3.04. The number of rotatable bonds is 2. The summed E-state index contributed by atoms with van der Waals surface area (Å²) in [6, 6.07) is 0. The summed E-state index contributed by atoms with van der Waals surface area (Å²) >= 11 is 0. The molecule has 0 rings (SSSR count). The van der Waals surface area contributed by atoms with Crippen LogP contribution in [0.2, 0.25) is 0 Å². The van der Waals surface area contributed by atoms with Gasteiger partial charge in [0.25, 0.3) is 0 Å². The minimum absolute atomic E-state index is 1.24. The van der Waals surface area contributed by atoms with Crippen LogP contribution in [-0.2, 0) is 0 Å². The van der Waals surface area contributed by atoms with Crippen LogP contribution >= 0.6 is 0 Å². The topological polar surface area (TPSA) is 40.5 Å². The Morgan fingerprint density at radius 1 is 1.30 bits per heavy atom. The number of aliphatic hydroxyl groups excluding tert-OH is 2. The van der Waals surface area contributed by atoms with E-state index in [1.54, 1.807) is 0 Å². The van der Waals surface area contributed by atoms with Gasteiger partial charge < -0.3 is 10.2 Å². The first-order valence-corrected chi connectivity index (χ1v) is 2.39. The molecule has 0 amide bonds. The molecule has 0 aromatic carbocycles. The predicted molar refractivity (Wildman–Crippen MR) is 24.0 cm³/mol. The second-order valence-electron chi connectivity index (χ2n) is 1.69. The van der Waals surface area contributed by atoms with Crippen molar-refractivity contribution in [1.29, 1.82) is 0 Å². The summed E-state index contributed by atoms with van der Waals surface area (Å²) in [5.41, 5.74) is 0. The summed E-state index contributed by atoms with van der Waals surface area (Å²) in [5.74, 6) is 0. The van der Waals surface area contributed by atoms with Gasteiger partial charge >= 0.3 is 6.18 Å². The first-order valence-electron chi connectivity index (χ1n) is 2.39. The van der Waals surface area contributed by atoms with Crippen molar-refractivity contribution in [2.45, 2.75) is 18.5 Å². The van der Waals surface area contributed by atoms with Gasteiger partial charge in [-0.3, -0.25) is 0 Å². The van der Waals surface area contributed by atoms with Crippen LogP contribution in [0.5, 0.6) is 0 Å². The summed E-state index contributed by atoms with van der Waals surface area (Å²) < 4.78 is 45.5. The number of hydrogen-bond acceptors (Lipinski definition) is 2. The van der Waals surface area contributed by atoms with E-state index < -0.39 is 25.1 Å². The second kappa shape index (κ2) is 3.16. The normalized spacial score (nSPS) is 18.6. The second-order valence-corrected chi connectivity index (χ2v) is 1.69. The maximum atomic E-state index is 11.8. The van der Waals surface area contributed by atoms with Crippen LogP contribution in [0.3, 0.4) is 0 Å². The van der Waals surface area contributed by atoms with Crippen LogP contribution in [0, 0.1) is 0 Å². The van der Waals surface area contributed by atoms with Crippen molar-refractivity contribution in [1.82, 2.24) is 0 Å². The van der Waals surface area contributed by atoms with Gasteiger partial charge in [-0.15, -0.1) is 0 Å². The smallest absolute Gasteiger partial charge is 0.394 e. The molecule has 6 heteroatoms. The van der Waals surface area contributed by atoms with E-state index in [2.05, 4.69) is 0 Å². The fourth-order valence-electron chi connectivity index (χ4n) is 0.311. The minimum atomic E-state index is -5.10. The molecule has 0 aliphatic heterocycles. The Morgan fingerprint density at radius 2 is 1.70 bits per heavy atom. The largest absolute Gasteiger partial charge is 0.422 e. The molecule has 62 valence electrons. The summed E-state index contributed by atoms with van der Waals surface area (Å²) in [5, 5.41) is 16.0. The van der Waals surface area contributed by atoms with Gasteiger partial charge in [-0.2, -0.15) is 13.2 Å². The monoisotopic (exact) mass is 162 g/mol. The average Bonchev–Trinajstić information content (AvgIpc) is 1.83.